The Kier molecular flexibility index (Phi) is 8.18. The van der Waals surface area contributed by atoms with E-state index in [1.54, 1.807) is 30.0 Å². The molecule has 0 fully saturated rings. The number of carboxylic acid groups (broad SMARTS) is 1. The van der Waals surface area contributed by atoms with Crippen LogP contribution in [0.5, 0.6) is 0 Å². The van der Waals surface area contributed by atoms with Crippen LogP contribution < -0.4 is 0 Å². The minimum absolute atomic E-state index is 0.0570. The SMILES string of the molecule is CC(=O)O.Cc1ccccc1/C(=N\O)C(=O)c1ccc(Sc2ccccc2)cc1. The van der Waals surface area contributed by atoms with E-state index in [4.69, 9.17) is 9.90 Å². The maximum Gasteiger partial charge on any atom is 0.300 e. The summed E-state index contributed by atoms with van der Waals surface area (Å²) in [5.41, 5.74) is 2.08. The Labute approximate surface area is 173 Å². The Bertz CT molecular complexity index is 995. The number of Topliss-reactive ketones (excluding diaryl/α,β-unsaturated/α-hetero) is 1. The molecule has 3 aromatic carbocycles. The smallest absolute Gasteiger partial charge is 0.300 e. The number of hydrogen-bond acceptors (Lipinski definition) is 5. The van der Waals surface area contributed by atoms with E-state index in [9.17, 15) is 10.0 Å². The fourth-order valence-electron chi connectivity index (χ4n) is 2.50. The lowest BCUT2D eigenvalue weighted by Gasteiger charge is -2.08. The molecular formula is C23H21NO4S. The standard InChI is InChI=1S/C21H17NO2S.C2H4O2/c1-15-7-5-6-10-19(15)20(22-24)21(23)16-11-13-18(14-12-16)25-17-8-3-2-4-9-17;1-2(3)4/h2-14,24H,1H3;1H3,(H,3,4)/b22-20+;. The average Bonchev–Trinajstić information content (AvgIpc) is 2.71. The van der Waals surface area contributed by atoms with Crippen molar-refractivity contribution in [3.8, 4) is 0 Å². The molecule has 3 rings (SSSR count). The highest BCUT2D eigenvalue weighted by atomic mass is 32.2. The zero-order valence-corrected chi connectivity index (χ0v) is 16.9. The third kappa shape index (κ3) is 6.62. The summed E-state index contributed by atoms with van der Waals surface area (Å²) in [7, 11) is 0. The van der Waals surface area contributed by atoms with E-state index in [1.807, 2.05) is 67.6 Å². The molecule has 148 valence electrons. The van der Waals surface area contributed by atoms with Gasteiger partial charge in [-0.1, -0.05) is 59.4 Å². The quantitative estimate of drug-likeness (QED) is 0.259. The Hall–Kier alpha value is -3.38. The van der Waals surface area contributed by atoms with Gasteiger partial charge in [0.15, 0.2) is 5.71 Å². The molecule has 0 amide bonds. The number of nitrogens with zero attached hydrogens (tertiary/aromatic N) is 1. The molecule has 3 aromatic rings. The van der Waals surface area contributed by atoms with Gasteiger partial charge in [0.05, 0.1) is 0 Å². The summed E-state index contributed by atoms with van der Waals surface area (Å²) < 4.78 is 0. The van der Waals surface area contributed by atoms with Crippen LogP contribution in [0.2, 0.25) is 0 Å². The van der Waals surface area contributed by atoms with Crippen LogP contribution in [0.25, 0.3) is 0 Å². The number of rotatable bonds is 5. The van der Waals surface area contributed by atoms with Gasteiger partial charge in [0.25, 0.3) is 5.97 Å². The van der Waals surface area contributed by atoms with Crippen molar-refractivity contribution in [3.05, 3.63) is 95.6 Å². The molecule has 0 aromatic heterocycles. The van der Waals surface area contributed by atoms with Gasteiger partial charge in [-0.25, -0.2) is 0 Å². The van der Waals surface area contributed by atoms with Crippen LogP contribution in [0, 0.1) is 6.92 Å². The molecule has 6 heteroatoms. The summed E-state index contributed by atoms with van der Waals surface area (Å²) >= 11 is 1.63. The number of aliphatic carboxylic acids is 1. The number of carbonyl (C=O) groups is 2. The van der Waals surface area contributed by atoms with E-state index in [1.165, 1.54) is 0 Å². The molecule has 29 heavy (non-hydrogen) atoms. The molecule has 0 unspecified atom stereocenters. The van der Waals surface area contributed by atoms with Gasteiger partial charge in [-0.3, -0.25) is 9.59 Å². The lowest BCUT2D eigenvalue weighted by molar-refractivity contribution is -0.134. The van der Waals surface area contributed by atoms with Gasteiger partial charge < -0.3 is 10.3 Å². The van der Waals surface area contributed by atoms with Crippen LogP contribution in [0.3, 0.4) is 0 Å². The normalized spacial score (nSPS) is 10.6. The molecule has 2 N–H and O–H groups in total. The Morgan fingerprint density at radius 2 is 1.34 bits per heavy atom. The first kappa shape index (κ1) is 21.9. The monoisotopic (exact) mass is 407 g/mol. The van der Waals surface area contributed by atoms with Crippen molar-refractivity contribution in [2.45, 2.75) is 23.6 Å². The van der Waals surface area contributed by atoms with Crippen molar-refractivity contribution in [1.82, 2.24) is 0 Å². The predicted octanol–water partition coefficient (Wildman–Crippen LogP) is 5.30. The molecule has 0 heterocycles. The molecule has 0 aliphatic rings. The highest BCUT2D eigenvalue weighted by Gasteiger charge is 2.18. The van der Waals surface area contributed by atoms with E-state index in [-0.39, 0.29) is 11.5 Å². The molecule has 0 bridgehead atoms. The zero-order valence-electron chi connectivity index (χ0n) is 16.1. The van der Waals surface area contributed by atoms with Crippen molar-refractivity contribution in [1.29, 1.82) is 0 Å². The van der Waals surface area contributed by atoms with Crippen LogP contribution in [-0.2, 0) is 4.79 Å². The van der Waals surface area contributed by atoms with Crippen molar-refractivity contribution in [3.63, 3.8) is 0 Å². The molecule has 0 aliphatic heterocycles. The summed E-state index contributed by atoms with van der Waals surface area (Å²) in [5.74, 6) is -1.13. The number of oxime groups is 1. The summed E-state index contributed by atoms with van der Waals surface area (Å²) in [6.07, 6.45) is 0. The van der Waals surface area contributed by atoms with Crippen LogP contribution in [-0.4, -0.2) is 27.8 Å². The number of hydrogen-bond donors (Lipinski definition) is 2. The number of aryl methyl sites for hydroxylation is 1. The van der Waals surface area contributed by atoms with E-state index in [2.05, 4.69) is 5.16 Å². The fraction of sp³-hybridized carbons (Fsp3) is 0.0870. The fourth-order valence-corrected chi connectivity index (χ4v) is 3.33. The number of ketones is 1. The van der Waals surface area contributed by atoms with Crippen LogP contribution >= 0.6 is 11.8 Å². The molecule has 0 radical (unpaired) electrons. The minimum atomic E-state index is -0.833. The maximum atomic E-state index is 12.7. The predicted molar refractivity (Wildman–Crippen MR) is 114 cm³/mol. The van der Waals surface area contributed by atoms with Gasteiger partial charge in [-0.15, -0.1) is 0 Å². The third-order valence-electron chi connectivity index (χ3n) is 3.81. The van der Waals surface area contributed by atoms with Gasteiger partial charge >= 0.3 is 0 Å². The average molecular weight is 407 g/mol. The van der Waals surface area contributed by atoms with Crippen molar-refractivity contribution >= 4 is 29.2 Å². The molecule has 0 atom stereocenters. The molecule has 0 saturated heterocycles. The number of carbonyl (C=O) groups excluding carboxylic acids is 1. The van der Waals surface area contributed by atoms with E-state index < -0.39 is 5.97 Å². The van der Waals surface area contributed by atoms with E-state index in [0.717, 1.165) is 22.3 Å². The third-order valence-corrected chi connectivity index (χ3v) is 4.83. The zero-order chi connectivity index (χ0) is 21.2. The van der Waals surface area contributed by atoms with Crippen LogP contribution in [0.15, 0.2) is 93.8 Å². The highest BCUT2D eigenvalue weighted by molar-refractivity contribution is 7.99. The second kappa shape index (κ2) is 10.8. The number of carboxylic acids is 1. The second-order valence-electron chi connectivity index (χ2n) is 6.05. The molecule has 5 nitrogen and oxygen atoms in total. The van der Waals surface area contributed by atoms with Crippen molar-refractivity contribution in [2.75, 3.05) is 0 Å². The summed E-state index contributed by atoms with van der Waals surface area (Å²) in [6.45, 7) is 2.97. The Balaban J connectivity index is 0.000000687. The van der Waals surface area contributed by atoms with Gasteiger partial charge in [-0.2, -0.15) is 0 Å². The molecule has 0 aliphatic carbocycles. The van der Waals surface area contributed by atoms with Gasteiger partial charge in [0, 0.05) is 27.8 Å². The number of benzene rings is 3. The first-order valence-corrected chi connectivity index (χ1v) is 9.59. The summed E-state index contributed by atoms with van der Waals surface area (Å²) in [6, 6.07) is 24.7. The second-order valence-corrected chi connectivity index (χ2v) is 7.20. The Morgan fingerprint density at radius 3 is 1.90 bits per heavy atom. The van der Waals surface area contributed by atoms with E-state index in [0.29, 0.717) is 11.1 Å². The maximum absolute atomic E-state index is 12.7. The lowest BCUT2D eigenvalue weighted by Crippen LogP contribution is -2.17. The topological polar surface area (TPSA) is 87.0 Å². The van der Waals surface area contributed by atoms with Gasteiger partial charge in [0.1, 0.15) is 0 Å². The lowest BCUT2D eigenvalue weighted by atomic mass is 9.97. The molecule has 0 saturated carbocycles. The highest BCUT2D eigenvalue weighted by Crippen LogP contribution is 2.27. The van der Waals surface area contributed by atoms with Gasteiger partial charge in [-0.05, 0) is 48.9 Å². The van der Waals surface area contributed by atoms with E-state index >= 15 is 0 Å². The van der Waals surface area contributed by atoms with Crippen LogP contribution in [0.4, 0.5) is 0 Å². The van der Waals surface area contributed by atoms with Crippen LogP contribution in [0.1, 0.15) is 28.4 Å². The largest absolute Gasteiger partial charge is 0.481 e. The van der Waals surface area contributed by atoms with Crippen molar-refractivity contribution in [2.24, 2.45) is 5.16 Å². The van der Waals surface area contributed by atoms with Gasteiger partial charge in [0.2, 0.25) is 5.78 Å². The molecule has 0 spiro atoms. The van der Waals surface area contributed by atoms with Crippen molar-refractivity contribution < 1.29 is 19.9 Å². The first-order valence-electron chi connectivity index (χ1n) is 8.77. The summed E-state index contributed by atoms with van der Waals surface area (Å²) in [4.78, 5) is 23.9. The summed E-state index contributed by atoms with van der Waals surface area (Å²) in [5, 5.41) is 20.0. The Morgan fingerprint density at radius 1 is 0.828 bits per heavy atom. The first-order chi connectivity index (χ1) is 13.9. The molecular weight excluding hydrogens is 386 g/mol. The minimum Gasteiger partial charge on any atom is -0.481 e.